The van der Waals surface area contributed by atoms with Gasteiger partial charge < -0.3 is 10.1 Å². The number of thiophene rings is 1. The predicted molar refractivity (Wildman–Crippen MR) is 71.2 cm³/mol. The second-order valence-corrected chi connectivity index (χ2v) is 4.93. The maximum Gasteiger partial charge on any atom is 0.325 e. The van der Waals surface area contributed by atoms with Gasteiger partial charge in [0.25, 0.3) is 5.91 Å². The van der Waals surface area contributed by atoms with E-state index in [9.17, 15) is 9.59 Å². The van der Waals surface area contributed by atoms with E-state index in [1.165, 1.54) is 18.4 Å². The molecule has 0 unspecified atom stereocenters. The number of ether oxygens (including phenoxy) is 1. The number of esters is 1. The number of fused-ring (bicyclic) bond motifs is 1. The van der Waals surface area contributed by atoms with Gasteiger partial charge in [-0.05, 0) is 6.07 Å². The van der Waals surface area contributed by atoms with Crippen LogP contribution in [0.5, 0.6) is 0 Å². The zero-order chi connectivity index (χ0) is 13.1. The van der Waals surface area contributed by atoms with Gasteiger partial charge in [-0.15, -0.1) is 11.3 Å². The Morgan fingerprint density at radius 3 is 2.78 bits per heavy atom. The summed E-state index contributed by atoms with van der Waals surface area (Å²) in [4.78, 5) is 23.2. The second-order valence-electron chi connectivity index (χ2n) is 3.50. The van der Waals surface area contributed by atoms with Gasteiger partial charge in [0.15, 0.2) is 0 Å². The molecule has 1 aromatic heterocycles. The predicted octanol–water partition coefficient (Wildman–Crippen LogP) is 2.46. The van der Waals surface area contributed by atoms with Gasteiger partial charge in [0, 0.05) is 10.1 Å². The number of benzene rings is 1. The van der Waals surface area contributed by atoms with Crippen LogP contribution >= 0.6 is 22.9 Å². The van der Waals surface area contributed by atoms with E-state index in [2.05, 4.69) is 10.1 Å². The summed E-state index contributed by atoms with van der Waals surface area (Å²) in [5.74, 6) is -0.868. The molecule has 0 aliphatic heterocycles. The Labute approximate surface area is 113 Å². The van der Waals surface area contributed by atoms with E-state index in [0.29, 0.717) is 9.90 Å². The fraction of sp³-hybridized carbons (Fsp3) is 0.167. The minimum Gasteiger partial charge on any atom is -0.468 e. The number of hydrogen-bond acceptors (Lipinski definition) is 4. The number of carbonyl (C=O) groups is 2. The van der Waals surface area contributed by atoms with Crippen molar-refractivity contribution in [1.29, 1.82) is 0 Å². The lowest BCUT2D eigenvalue weighted by molar-refractivity contribution is -0.139. The highest BCUT2D eigenvalue weighted by Crippen LogP contribution is 2.34. The lowest BCUT2D eigenvalue weighted by Crippen LogP contribution is -2.29. The van der Waals surface area contributed by atoms with Crippen LogP contribution in [0.15, 0.2) is 24.3 Å². The first kappa shape index (κ1) is 12.9. The Hall–Kier alpha value is -1.59. The number of nitrogens with one attached hydrogen (secondary N) is 1. The van der Waals surface area contributed by atoms with Gasteiger partial charge in [0.2, 0.25) is 0 Å². The second kappa shape index (κ2) is 5.37. The van der Waals surface area contributed by atoms with Crippen LogP contribution in [0.4, 0.5) is 0 Å². The summed E-state index contributed by atoms with van der Waals surface area (Å²) >= 11 is 7.43. The number of rotatable bonds is 3. The first-order valence-corrected chi connectivity index (χ1v) is 6.35. The van der Waals surface area contributed by atoms with Crippen LogP contribution in [-0.4, -0.2) is 25.5 Å². The van der Waals surface area contributed by atoms with Crippen molar-refractivity contribution in [2.45, 2.75) is 0 Å². The fourth-order valence-electron chi connectivity index (χ4n) is 1.46. The van der Waals surface area contributed by atoms with Crippen LogP contribution < -0.4 is 5.32 Å². The molecule has 1 heterocycles. The smallest absolute Gasteiger partial charge is 0.325 e. The number of amides is 1. The third-order valence-corrected chi connectivity index (χ3v) is 4.04. The molecular formula is C12H10ClNO3S. The monoisotopic (exact) mass is 283 g/mol. The van der Waals surface area contributed by atoms with Crippen LogP contribution in [0.1, 0.15) is 9.67 Å². The molecule has 0 aliphatic carbocycles. The van der Waals surface area contributed by atoms with Crippen LogP contribution in [0, 0.1) is 0 Å². The number of methoxy groups -OCH3 is 1. The standard InChI is InChI=1S/C12H10ClNO3S/c1-17-9(15)6-14-12(16)11-10(13)7-4-2-3-5-8(7)18-11/h2-5H,6H2,1H3,(H,14,16). The van der Waals surface area contributed by atoms with Crippen molar-refractivity contribution in [3.05, 3.63) is 34.2 Å². The Morgan fingerprint density at radius 1 is 1.39 bits per heavy atom. The van der Waals surface area contributed by atoms with Gasteiger partial charge in [-0.2, -0.15) is 0 Å². The number of halogens is 1. The van der Waals surface area contributed by atoms with Gasteiger partial charge in [-0.25, -0.2) is 0 Å². The minimum atomic E-state index is -0.499. The molecule has 0 atom stereocenters. The summed E-state index contributed by atoms with van der Waals surface area (Å²) in [7, 11) is 1.26. The summed E-state index contributed by atoms with van der Waals surface area (Å²) in [6, 6.07) is 7.48. The van der Waals surface area contributed by atoms with Crippen LogP contribution in [-0.2, 0) is 9.53 Å². The molecule has 1 N–H and O–H groups in total. The summed E-state index contributed by atoms with van der Waals surface area (Å²) in [5.41, 5.74) is 0. The van der Waals surface area contributed by atoms with Crippen LogP contribution in [0.2, 0.25) is 5.02 Å². The van der Waals surface area contributed by atoms with E-state index in [1.807, 2.05) is 24.3 Å². The highest BCUT2D eigenvalue weighted by molar-refractivity contribution is 7.21. The van der Waals surface area contributed by atoms with Crippen molar-refractivity contribution in [2.24, 2.45) is 0 Å². The van der Waals surface area contributed by atoms with Crippen LogP contribution in [0.3, 0.4) is 0 Å². The fourth-order valence-corrected chi connectivity index (χ4v) is 2.90. The maximum atomic E-state index is 11.9. The Kier molecular flexibility index (Phi) is 3.84. The first-order chi connectivity index (χ1) is 8.63. The van der Waals surface area contributed by atoms with Crippen molar-refractivity contribution < 1.29 is 14.3 Å². The lowest BCUT2D eigenvalue weighted by Gasteiger charge is -2.01. The van der Waals surface area contributed by atoms with Crippen molar-refractivity contribution in [3.8, 4) is 0 Å². The SMILES string of the molecule is COC(=O)CNC(=O)c1sc2ccccc2c1Cl. The average molecular weight is 284 g/mol. The van der Waals surface area contributed by atoms with E-state index in [0.717, 1.165) is 10.1 Å². The molecule has 18 heavy (non-hydrogen) atoms. The third kappa shape index (κ3) is 2.47. The summed E-state index contributed by atoms with van der Waals surface area (Å²) in [5, 5.41) is 3.72. The molecule has 0 fully saturated rings. The van der Waals surface area contributed by atoms with Gasteiger partial charge in [0.1, 0.15) is 11.4 Å². The van der Waals surface area contributed by atoms with E-state index in [-0.39, 0.29) is 12.5 Å². The highest BCUT2D eigenvalue weighted by Gasteiger charge is 2.17. The lowest BCUT2D eigenvalue weighted by atomic mass is 10.2. The van der Waals surface area contributed by atoms with Gasteiger partial charge >= 0.3 is 5.97 Å². The molecule has 0 aliphatic rings. The molecule has 0 saturated heterocycles. The summed E-state index contributed by atoms with van der Waals surface area (Å²) < 4.78 is 5.38. The molecule has 2 aromatic rings. The molecule has 0 spiro atoms. The number of hydrogen-bond donors (Lipinski definition) is 1. The minimum absolute atomic E-state index is 0.167. The Balaban J connectivity index is 2.23. The molecule has 94 valence electrons. The van der Waals surface area contributed by atoms with E-state index in [4.69, 9.17) is 11.6 Å². The maximum absolute atomic E-state index is 11.9. The normalized spacial score (nSPS) is 10.3. The van der Waals surface area contributed by atoms with E-state index < -0.39 is 5.97 Å². The molecular weight excluding hydrogens is 274 g/mol. The number of carbonyl (C=O) groups excluding carboxylic acids is 2. The van der Waals surface area contributed by atoms with E-state index in [1.54, 1.807) is 0 Å². The molecule has 0 radical (unpaired) electrons. The molecule has 4 nitrogen and oxygen atoms in total. The summed E-state index contributed by atoms with van der Waals surface area (Å²) in [6.07, 6.45) is 0. The summed E-state index contributed by atoms with van der Waals surface area (Å²) in [6.45, 7) is -0.167. The first-order valence-electron chi connectivity index (χ1n) is 5.15. The highest BCUT2D eigenvalue weighted by atomic mass is 35.5. The molecule has 0 saturated carbocycles. The molecule has 6 heteroatoms. The molecule has 0 bridgehead atoms. The topological polar surface area (TPSA) is 55.4 Å². The Bertz CT molecular complexity index is 608. The molecule has 1 amide bonds. The third-order valence-electron chi connectivity index (χ3n) is 2.36. The van der Waals surface area contributed by atoms with Crippen molar-refractivity contribution in [2.75, 3.05) is 13.7 Å². The Morgan fingerprint density at radius 2 is 2.11 bits per heavy atom. The molecule has 1 aromatic carbocycles. The van der Waals surface area contributed by atoms with Crippen molar-refractivity contribution >= 4 is 44.9 Å². The quantitative estimate of drug-likeness (QED) is 0.881. The van der Waals surface area contributed by atoms with E-state index >= 15 is 0 Å². The van der Waals surface area contributed by atoms with Gasteiger partial charge in [-0.3, -0.25) is 9.59 Å². The van der Waals surface area contributed by atoms with Gasteiger partial charge in [0.05, 0.1) is 12.1 Å². The molecule has 2 rings (SSSR count). The zero-order valence-electron chi connectivity index (χ0n) is 9.53. The largest absolute Gasteiger partial charge is 0.468 e. The van der Waals surface area contributed by atoms with Crippen molar-refractivity contribution in [1.82, 2.24) is 5.32 Å². The van der Waals surface area contributed by atoms with Crippen LogP contribution in [0.25, 0.3) is 10.1 Å². The van der Waals surface area contributed by atoms with Crippen molar-refractivity contribution in [3.63, 3.8) is 0 Å². The zero-order valence-corrected chi connectivity index (χ0v) is 11.1. The average Bonchev–Trinajstić information content (AvgIpc) is 2.73. The van der Waals surface area contributed by atoms with Gasteiger partial charge in [-0.1, -0.05) is 29.8 Å².